The van der Waals surface area contributed by atoms with Gasteiger partial charge >= 0.3 is 0 Å². The quantitative estimate of drug-likeness (QED) is 0.488. The molecule has 16 heavy (non-hydrogen) atoms. The average Bonchev–Trinajstić information content (AvgIpc) is 2.34. The van der Waals surface area contributed by atoms with Crippen LogP contribution in [0.15, 0.2) is 37.0 Å². The van der Waals surface area contributed by atoms with Crippen molar-refractivity contribution in [3.05, 3.63) is 37.0 Å². The highest BCUT2D eigenvalue weighted by Gasteiger charge is 1.98. The van der Waals surface area contributed by atoms with Crippen molar-refractivity contribution in [3.63, 3.8) is 0 Å². The number of allylic oxidation sites excluding steroid dienone is 4. The maximum atomic E-state index is 3.69. The zero-order valence-corrected chi connectivity index (χ0v) is 12.9. The minimum absolute atomic E-state index is 0.674. The molecule has 0 amide bonds. The number of hydrogen-bond donors (Lipinski definition) is 0. The second-order valence-electron chi connectivity index (χ2n) is 2.87. The van der Waals surface area contributed by atoms with E-state index in [0.29, 0.717) is 5.92 Å². The van der Waals surface area contributed by atoms with Crippen LogP contribution in [-0.2, 0) is 0 Å². The Labute approximate surface area is 105 Å². The van der Waals surface area contributed by atoms with Crippen molar-refractivity contribution in [1.82, 2.24) is 0 Å². The van der Waals surface area contributed by atoms with Gasteiger partial charge < -0.3 is 0 Å². The van der Waals surface area contributed by atoms with Gasteiger partial charge in [0.25, 0.3) is 0 Å². The zero-order valence-electron chi connectivity index (χ0n) is 12.9. The molecule has 0 nitrogen and oxygen atoms in total. The van der Waals surface area contributed by atoms with Crippen molar-refractivity contribution >= 4 is 0 Å². The molecule has 0 heteroatoms. The van der Waals surface area contributed by atoms with E-state index in [2.05, 4.69) is 40.0 Å². The van der Waals surface area contributed by atoms with Crippen LogP contribution < -0.4 is 0 Å². The Morgan fingerprint density at radius 3 is 1.56 bits per heavy atom. The molecule has 98 valence electrons. The van der Waals surface area contributed by atoms with Crippen LogP contribution in [0.1, 0.15) is 61.8 Å². The Morgan fingerprint density at radius 1 is 1.06 bits per heavy atom. The monoisotopic (exact) mass is 226 g/mol. The van der Waals surface area contributed by atoms with E-state index in [-0.39, 0.29) is 0 Å². The van der Waals surface area contributed by atoms with E-state index < -0.39 is 0 Å². The van der Waals surface area contributed by atoms with E-state index >= 15 is 0 Å². The summed E-state index contributed by atoms with van der Waals surface area (Å²) < 4.78 is 0. The van der Waals surface area contributed by atoms with Crippen LogP contribution in [-0.4, -0.2) is 0 Å². The van der Waals surface area contributed by atoms with E-state index in [0.717, 1.165) is 6.42 Å². The predicted octanol–water partition coefficient (Wildman–Crippen LogP) is 6.41. The van der Waals surface area contributed by atoms with Crippen molar-refractivity contribution < 1.29 is 0 Å². The lowest BCUT2D eigenvalue weighted by molar-refractivity contribution is 0.694. The molecule has 0 aliphatic rings. The first-order valence-electron chi connectivity index (χ1n) is 6.44. The molecular weight excluding hydrogens is 192 g/mol. The highest BCUT2D eigenvalue weighted by molar-refractivity contribution is 5.01. The van der Waals surface area contributed by atoms with Crippen molar-refractivity contribution in [2.45, 2.75) is 61.8 Å². The molecular formula is C16H34. The lowest BCUT2D eigenvalue weighted by Gasteiger charge is -2.07. The Balaban J connectivity index is -0.0000000864. The highest BCUT2D eigenvalue weighted by atomic mass is 14.0. The van der Waals surface area contributed by atoms with Crippen LogP contribution in [0.3, 0.4) is 0 Å². The van der Waals surface area contributed by atoms with Crippen molar-refractivity contribution in [1.29, 1.82) is 0 Å². The topological polar surface area (TPSA) is 0 Å². The third-order valence-corrected chi connectivity index (χ3v) is 1.75. The smallest absolute Gasteiger partial charge is 0.0200 e. The molecule has 1 atom stereocenters. The first-order chi connectivity index (χ1) is 7.63. The second-order valence-corrected chi connectivity index (χ2v) is 2.87. The van der Waals surface area contributed by atoms with Crippen LogP contribution in [0.2, 0.25) is 0 Å². The highest BCUT2D eigenvalue weighted by Crippen LogP contribution is 2.12. The molecule has 0 spiro atoms. The van der Waals surface area contributed by atoms with Gasteiger partial charge in [-0.25, -0.2) is 0 Å². The van der Waals surface area contributed by atoms with Gasteiger partial charge in [0.1, 0.15) is 0 Å². The molecule has 0 rings (SSSR count). The van der Waals surface area contributed by atoms with Crippen LogP contribution in [0, 0.1) is 5.92 Å². The molecule has 0 fully saturated rings. The predicted molar refractivity (Wildman–Crippen MR) is 82.0 cm³/mol. The van der Waals surface area contributed by atoms with Gasteiger partial charge in [-0.1, -0.05) is 58.4 Å². The summed E-state index contributed by atoms with van der Waals surface area (Å²) in [4.78, 5) is 0. The Bertz CT molecular complexity index is 140. The van der Waals surface area contributed by atoms with E-state index in [1.807, 2.05) is 40.7 Å². The second kappa shape index (κ2) is 29.2. The van der Waals surface area contributed by atoms with Crippen molar-refractivity contribution in [3.8, 4) is 0 Å². The van der Waals surface area contributed by atoms with Gasteiger partial charge in [0.15, 0.2) is 0 Å². The van der Waals surface area contributed by atoms with Crippen LogP contribution >= 0.6 is 0 Å². The summed E-state index contributed by atoms with van der Waals surface area (Å²) >= 11 is 0. The van der Waals surface area contributed by atoms with Gasteiger partial charge in [0, 0.05) is 0 Å². The standard InChI is InChI=1S/C9H16.C3H6.2C2H6/c1-5-7-9(4)8(3)6-2;1-3-2;2*1-2/h5-6,9H,1,7H2,2-4H3;3H,1H2,2H3;2*1-2H3/b8-6+;;;. The molecule has 0 saturated carbocycles. The molecule has 0 heterocycles. The summed E-state index contributed by atoms with van der Waals surface area (Å²) in [6, 6.07) is 0. The molecule has 0 radical (unpaired) electrons. The number of hydrogen-bond acceptors (Lipinski definition) is 0. The van der Waals surface area contributed by atoms with Gasteiger partial charge in [-0.15, -0.1) is 13.2 Å². The van der Waals surface area contributed by atoms with Gasteiger partial charge in [-0.05, 0) is 33.1 Å². The first-order valence-corrected chi connectivity index (χ1v) is 6.44. The van der Waals surface area contributed by atoms with Crippen LogP contribution in [0.4, 0.5) is 0 Å². The van der Waals surface area contributed by atoms with Gasteiger partial charge in [0.05, 0.1) is 0 Å². The maximum Gasteiger partial charge on any atom is -0.0200 e. The van der Waals surface area contributed by atoms with E-state index in [1.54, 1.807) is 6.08 Å². The molecule has 1 unspecified atom stereocenters. The third-order valence-electron chi connectivity index (χ3n) is 1.75. The molecule has 0 bridgehead atoms. The minimum atomic E-state index is 0.674. The van der Waals surface area contributed by atoms with Gasteiger partial charge in [0.2, 0.25) is 0 Å². The summed E-state index contributed by atoms with van der Waals surface area (Å²) in [6.45, 7) is 23.4. The molecule has 0 saturated heterocycles. The fraction of sp³-hybridized carbons (Fsp3) is 0.625. The Kier molecular flexibility index (Phi) is 44.7. The fourth-order valence-electron chi connectivity index (χ4n) is 0.720. The molecule has 0 aromatic rings. The summed E-state index contributed by atoms with van der Waals surface area (Å²) in [5.74, 6) is 0.674. The van der Waals surface area contributed by atoms with E-state index in [4.69, 9.17) is 0 Å². The molecule has 0 aliphatic carbocycles. The van der Waals surface area contributed by atoms with Crippen LogP contribution in [0.25, 0.3) is 0 Å². The average molecular weight is 226 g/mol. The Hall–Kier alpha value is -0.780. The minimum Gasteiger partial charge on any atom is -0.103 e. The lowest BCUT2D eigenvalue weighted by atomic mass is 9.99. The van der Waals surface area contributed by atoms with Gasteiger partial charge in [-0.3, -0.25) is 0 Å². The molecule has 0 aromatic carbocycles. The van der Waals surface area contributed by atoms with E-state index in [9.17, 15) is 0 Å². The first kappa shape index (κ1) is 24.4. The molecule has 0 N–H and O–H groups in total. The largest absolute Gasteiger partial charge is 0.103 e. The molecule has 0 aromatic heterocycles. The summed E-state index contributed by atoms with van der Waals surface area (Å²) in [7, 11) is 0. The summed E-state index contributed by atoms with van der Waals surface area (Å²) in [5.41, 5.74) is 1.45. The van der Waals surface area contributed by atoms with Crippen molar-refractivity contribution in [2.24, 2.45) is 5.92 Å². The third kappa shape index (κ3) is 29.2. The normalized spacial score (nSPS) is 10.1. The zero-order chi connectivity index (χ0) is 14.0. The SMILES string of the molecule is C=CC.C=CCC(C)/C(C)=C/C.CC.CC. The maximum absolute atomic E-state index is 3.69. The Morgan fingerprint density at radius 2 is 1.38 bits per heavy atom. The molecule has 0 aliphatic heterocycles. The summed E-state index contributed by atoms with van der Waals surface area (Å²) in [5, 5.41) is 0. The fourth-order valence-corrected chi connectivity index (χ4v) is 0.720. The summed E-state index contributed by atoms with van der Waals surface area (Å²) in [6.07, 6.45) is 6.97. The van der Waals surface area contributed by atoms with Crippen LogP contribution in [0.5, 0.6) is 0 Å². The van der Waals surface area contributed by atoms with Gasteiger partial charge in [-0.2, -0.15) is 0 Å². The number of rotatable bonds is 3. The van der Waals surface area contributed by atoms with Crippen molar-refractivity contribution in [2.75, 3.05) is 0 Å². The lowest BCUT2D eigenvalue weighted by Crippen LogP contribution is -1.92. The van der Waals surface area contributed by atoms with E-state index in [1.165, 1.54) is 5.57 Å².